The first kappa shape index (κ1) is 47.7. The summed E-state index contributed by atoms with van der Waals surface area (Å²) in [7, 11) is 0. The maximum atomic E-state index is 6.73. The Labute approximate surface area is 320 Å². The molecule has 47 heavy (non-hydrogen) atoms. The summed E-state index contributed by atoms with van der Waals surface area (Å²) in [5.41, 5.74) is 13.8. The van der Waals surface area contributed by atoms with Crippen LogP contribution in [0, 0.1) is 0 Å². The minimum atomic E-state index is 0. The third-order valence-electron chi connectivity index (χ3n) is 7.90. The van der Waals surface area contributed by atoms with Gasteiger partial charge in [-0.05, 0) is 97.9 Å². The average Bonchev–Trinajstić information content (AvgIpc) is 2.97. The molecule has 1 heterocycles. The van der Waals surface area contributed by atoms with Gasteiger partial charge in [-0.3, -0.25) is 9.98 Å². The summed E-state index contributed by atoms with van der Waals surface area (Å²) in [5, 5.41) is 0.658. The van der Waals surface area contributed by atoms with Gasteiger partial charge in [0.15, 0.2) is 0 Å². The molecule has 0 N–H and O–H groups in total. The molecule has 0 spiro atoms. The molecule has 3 aromatic rings. The van der Waals surface area contributed by atoms with Crippen LogP contribution < -0.4 is 37.2 Å². The first-order valence-corrected chi connectivity index (χ1v) is 17.2. The number of aryl methyl sites for hydroxylation is 6. The Morgan fingerprint density at radius 2 is 0.787 bits per heavy atom. The van der Waals surface area contributed by atoms with Crippen LogP contribution >= 0.6 is 11.6 Å². The molecule has 0 unspecified atom stereocenters. The first-order valence-electron chi connectivity index (χ1n) is 16.9. The van der Waals surface area contributed by atoms with Gasteiger partial charge >= 0.3 is 17.1 Å². The number of rotatable bonds is 16. The fourth-order valence-electron chi connectivity index (χ4n) is 5.98. The maximum Gasteiger partial charge on any atom is 3.00 e. The molecule has 3 nitrogen and oxygen atoms in total. The van der Waals surface area contributed by atoms with E-state index in [1.54, 1.807) is 0 Å². The fraction of sp³-hybridized carbons (Fsp3) is 0.513. The van der Waals surface area contributed by atoms with Crippen molar-refractivity contribution in [2.75, 3.05) is 0 Å². The minimum absolute atomic E-state index is 0. The van der Waals surface area contributed by atoms with E-state index >= 15 is 0 Å². The van der Waals surface area contributed by atoms with Crippen LogP contribution in [0.1, 0.15) is 139 Å². The van der Waals surface area contributed by atoms with Crippen molar-refractivity contribution in [3.63, 3.8) is 0 Å². The van der Waals surface area contributed by atoms with Crippen LogP contribution in [-0.2, 0) is 55.6 Å². The molecule has 0 aliphatic rings. The van der Waals surface area contributed by atoms with Crippen molar-refractivity contribution in [3.05, 3.63) is 86.2 Å². The monoisotopic (exact) mass is 760 g/mol. The molecule has 1 radical (unpaired) electrons. The van der Waals surface area contributed by atoms with Gasteiger partial charge in [0.1, 0.15) is 0 Å². The van der Waals surface area contributed by atoms with Crippen molar-refractivity contribution in [1.82, 2.24) is 4.98 Å². The van der Waals surface area contributed by atoms with Crippen LogP contribution in [-0.4, -0.2) is 16.4 Å². The van der Waals surface area contributed by atoms with Crippen molar-refractivity contribution >= 4 is 34.4 Å². The SMILES string of the molecule is CCCc1cc(CCC)c(N=C(C)c2cc(Cl)cc(C(C)=Nc3c(CCC)cc(CCC)cc3CCC)n2)c(CCC)c1.[Cl-].[Cl-].[Cl-].[Fe+3]. The Hall–Kier alpha value is -1.39. The summed E-state index contributed by atoms with van der Waals surface area (Å²) < 4.78 is 0. The number of halogens is 4. The number of benzene rings is 2. The van der Waals surface area contributed by atoms with Crippen molar-refractivity contribution in [2.24, 2.45) is 9.98 Å². The molecule has 261 valence electrons. The Kier molecular flexibility index (Phi) is 25.1. The van der Waals surface area contributed by atoms with E-state index in [1.807, 2.05) is 12.1 Å². The maximum absolute atomic E-state index is 6.73. The Morgan fingerprint density at radius 3 is 1.04 bits per heavy atom. The zero-order valence-electron chi connectivity index (χ0n) is 29.7. The zero-order valence-corrected chi connectivity index (χ0v) is 33.8. The van der Waals surface area contributed by atoms with Crippen LogP contribution in [0.4, 0.5) is 11.4 Å². The Balaban J connectivity index is 0. The van der Waals surface area contributed by atoms with Crippen LogP contribution in [0.5, 0.6) is 0 Å². The number of hydrogen-bond acceptors (Lipinski definition) is 3. The van der Waals surface area contributed by atoms with E-state index in [9.17, 15) is 0 Å². The molecule has 1 aromatic heterocycles. The summed E-state index contributed by atoms with van der Waals surface area (Å²) in [6.07, 6.45) is 13.0. The average molecular weight is 763 g/mol. The van der Waals surface area contributed by atoms with Crippen molar-refractivity contribution in [2.45, 2.75) is 132 Å². The van der Waals surface area contributed by atoms with Gasteiger partial charge in [-0.1, -0.05) is 116 Å². The summed E-state index contributed by atoms with van der Waals surface area (Å²) in [6, 6.07) is 13.4. The number of aromatic nitrogens is 1. The van der Waals surface area contributed by atoms with Gasteiger partial charge in [0.25, 0.3) is 0 Å². The molecule has 0 aliphatic carbocycles. The molecular weight excluding hydrogens is 708 g/mol. The van der Waals surface area contributed by atoms with Crippen LogP contribution in [0.25, 0.3) is 0 Å². The van der Waals surface area contributed by atoms with Gasteiger partial charge in [-0.25, -0.2) is 4.98 Å². The summed E-state index contributed by atoms with van der Waals surface area (Å²) in [6.45, 7) is 17.6. The summed E-state index contributed by atoms with van der Waals surface area (Å²) in [5.74, 6) is 0. The fourth-order valence-corrected chi connectivity index (χ4v) is 6.18. The van der Waals surface area contributed by atoms with Crippen LogP contribution in [0.3, 0.4) is 0 Å². The van der Waals surface area contributed by atoms with E-state index in [2.05, 4.69) is 79.7 Å². The first-order chi connectivity index (χ1) is 20.8. The second-order valence-corrected chi connectivity index (χ2v) is 12.4. The molecule has 3 rings (SSSR count). The minimum Gasteiger partial charge on any atom is -1.00 e. The quantitative estimate of drug-likeness (QED) is 0.164. The number of aliphatic imine (C=N–C) groups is 2. The molecule has 0 atom stereocenters. The molecule has 0 fully saturated rings. The van der Waals surface area contributed by atoms with E-state index in [1.165, 1.54) is 33.4 Å². The van der Waals surface area contributed by atoms with E-state index in [-0.39, 0.29) is 54.3 Å². The van der Waals surface area contributed by atoms with Crippen LogP contribution in [0.15, 0.2) is 46.4 Å². The van der Waals surface area contributed by atoms with Gasteiger partial charge in [0, 0.05) is 5.02 Å². The third kappa shape index (κ3) is 13.8. The van der Waals surface area contributed by atoms with Gasteiger partial charge in [0.05, 0.1) is 34.2 Å². The number of nitrogens with zero attached hydrogens (tertiary/aromatic N) is 3. The van der Waals surface area contributed by atoms with Crippen molar-refractivity contribution in [1.29, 1.82) is 0 Å². The van der Waals surface area contributed by atoms with E-state index in [0.717, 1.165) is 111 Å². The van der Waals surface area contributed by atoms with Gasteiger partial charge in [0.2, 0.25) is 0 Å². The Bertz CT molecular complexity index is 1280. The van der Waals surface area contributed by atoms with E-state index in [0.29, 0.717) is 5.02 Å². The topological polar surface area (TPSA) is 37.6 Å². The molecule has 0 bridgehead atoms. The number of hydrogen-bond donors (Lipinski definition) is 0. The predicted octanol–water partition coefficient (Wildman–Crippen LogP) is 2.74. The smallest absolute Gasteiger partial charge is 1.00 e. The second kappa shape index (κ2) is 24.7. The standard InChI is InChI=1S/C39H54ClN3.3ClH.Fe/c1-9-15-29-21-31(17-11-3)38(32(22-29)18-12-4)41-27(7)36-25-35(40)26-37(43-36)28(8)42-39-33(19-13-5)23-30(16-10-2)24-34(39)20-14-6;;;;/h21-26H,9-20H2,1-8H3;3*1H;/q;;;;+3/p-3. The number of pyridine rings is 1. The van der Waals surface area contributed by atoms with Gasteiger partial charge < -0.3 is 37.2 Å². The predicted molar refractivity (Wildman–Crippen MR) is 190 cm³/mol. The van der Waals surface area contributed by atoms with Gasteiger partial charge in [-0.2, -0.15) is 0 Å². The molecule has 2 aromatic carbocycles. The zero-order chi connectivity index (χ0) is 31.4. The normalized spacial score (nSPS) is 11.3. The van der Waals surface area contributed by atoms with E-state index < -0.39 is 0 Å². The van der Waals surface area contributed by atoms with Crippen LogP contribution in [0.2, 0.25) is 5.02 Å². The second-order valence-electron chi connectivity index (χ2n) is 12.0. The van der Waals surface area contributed by atoms with Gasteiger partial charge in [-0.15, -0.1) is 0 Å². The molecule has 8 heteroatoms. The molecule has 0 amide bonds. The largest absolute Gasteiger partial charge is 3.00 e. The Morgan fingerprint density at radius 1 is 0.511 bits per heavy atom. The molecule has 0 saturated carbocycles. The summed E-state index contributed by atoms with van der Waals surface area (Å²) in [4.78, 5) is 15.6. The third-order valence-corrected chi connectivity index (χ3v) is 8.12. The molecular formula is C39H54Cl4FeN3. The molecule has 0 saturated heterocycles. The summed E-state index contributed by atoms with van der Waals surface area (Å²) >= 11 is 6.73. The van der Waals surface area contributed by atoms with Crippen molar-refractivity contribution < 1.29 is 54.3 Å². The van der Waals surface area contributed by atoms with E-state index in [4.69, 9.17) is 26.6 Å². The van der Waals surface area contributed by atoms with Crippen molar-refractivity contribution in [3.8, 4) is 0 Å². The molecule has 0 aliphatic heterocycles.